The molecule has 162 valence electrons. The highest BCUT2D eigenvalue weighted by Crippen LogP contribution is 2.36. The number of aromatic nitrogens is 2. The predicted octanol–water partition coefficient (Wildman–Crippen LogP) is 3.29. The number of nitrogens with zero attached hydrogens (tertiary/aromatic N) is 4. The summed E-state index contributed by atoms with van der Waals surface area (Å²) in [7, 11) is 2.00. The Morgan fingerprint density at radius 3 is 2.43 bits per heavy atom. The third kappa shape index (κ3) is 4.53. The van der Waals surface area contributed by atoms with Crippen LogP contribution < -0.4 is 10.6 Å². The van der Waals surface area contributed by atoms with Crippen LogP contribution in [0.25, 0.3) is 0 Å². The molecule has 2 bridgehead atoms. The van der Waals surface area contributed by atoms with Gasteiger partial charge in [-0.3, -0.25) is 9.58 Å². The van der Waals surface area contributed by atoms with Crippen LogP contribution in [0.3, 0.4) is 0 Å². The number of piperidine rings is 1. The Kier molecular flexibility index (Phi) is 6.42. The Balaban J connectivity index is 1.39. The number of aliphatic imine (C=N–C) groups is 1. The van der Waals surface area contributed by atoms with Crippen molar-refractivity contribution in [2.75, 3.05) is 6.54 Å². The van der Waals surface area contributed by atoms with Gasteiger partial charge in [0.2, 0.25) is 0 Å². The molecule has 2 unspecified atom stereocenters. The second kappa shape index (κ2) is 9.21. The van der Waals surface area contributed by atoms with Gasteiger partial charge in [0.15, 0.2) is 5.96 Å². The molecule has 2 aromatic rings. The average Bonchev–Trinajstić information content (AvgIpc) is 3.11. The second-order valence-corrected chi connectivity index (χ2v) is 8.82. The molecule has 2 atom stereocenters. The average molecular weight is 409 g/mol. The first-order chi connectivity index (χ1) is 14.5. The van der Waals surface area contributed by atoms with E-state index in [4.69, 9.17) is 4.99 Å². The molecule has 0 aliphatic carbocycles. The highest BCUT2D eigenvalue weighted by molar-refractivity contribution is 5.80. The van der Waals surface area contributed by atoms with Crippen LogP contribution in [0.1, 0.15) is 55.1 Å². The van der Waals surface area contributed by atoms with Crippen LogP contribution in [0, 0.1) is 13.8 Å². The van der Waals surface area contributed by atoms with Crippen molar-refractivity contribution < 1.29 is 0 Å². The lowest BCUT2D eigenvalue weighted by Gasteiger charge is -2.39. The van der Waals surface area contributed by atoms with Crippen molar-refractivity contribution in [3.63, 3.8) is 0 Å². The third-order valence-corrected chi connectivity index (χ3v) is 6.83. The Morgan fingerprint density at radius 1 is 1.13 bits per heavy atom. The molecule has 1 aromatic carbocycles. The van der Waals surface area contributed by atoms with Gasteiger partial charge in [-0.15, -0.1) is 0 Å². The van der Waals surface area contributed by atoms with Crippen molar-refractivity contribution in [3.05, 3.63) is 52.8 Å². The summed E-state index contributed by atoms with van der Waals surface area (Å²) < 4.78 is 1.95. The fraction of sp³-hybridized carbons (Fsp3) is 0.583. The van der Waals surface area contributed by atoms with E-state index in [0.717, 1.165) is 24.7 Å². The monoisotopic (exact) mass is 408 g/mol. The maximum absolute atomic E-state index is 4.90. The first-order valence-electron chi connectivity index (χ1n) is 11.4. The Morgan fingerprint density at radius 2 is 1.83 bits per heavy atom. The quantitative estimate of drug-likeness (QED) is 0.569. The largest absolute Gasteiger partial charge is 0.357 e. The summed E-state index contributed by atoms with van der Waals surface area (Å²) in [5, 5.41) is 11.7. The second-order valence-electron chi connectivity index (χ2n) is 8.82. The van der Waals surface area contributed by atoms with Crippen LogP contribution in [0.15, 0.2) is 35.3 Å². The van der Waals surface area contributed by atoms with Gasteiger partial charge in [-0.05, 0) is 52.0 Å². The van der Waals surface area contributed by atoms with Gasteiger partial charge in [-0.2, -0.15) is 5.10 Å². The topological polar surface area (TPSA) is 57.5 Å². The van der Waals surface area contributed by atoms with E-state index in [2.05, 4.69) is 71.7 Å². The van der Waals surface area contributed by atoms with Crippen molar-refractivity contribution >= 4 is 5.96 Å². The van der Waals surface area contributed by atoms with Crippen molar-refractivity contribution in [2.24, 2.45) is 12.0 Å². The summed E-state index contributed by atoms with van der Waals surface area (Å²) in [4.78, 5) is 7.63. The van der Waals surface area contributed by atoms with Crippen molar-refractivity contribution in [3.8, 4) is 0 Å². The minimum absolute atomic E-state index is 0.489. The van der Waals surface area contributed by atoms with E-state index in [1.165, 1.54) is 42.5 Å². The van der Waals surface area contributed by atoms with E-state index in [0.29, 0.717) is 24.7 Å². The highest BCUT2D eigenvalue weighted by atomic mass is 15.3. The SMILES string of the molecule is CCNC(=NCc1c(C)nn(C)c1C)NC1CC2CCC(C1)N2Cc1ccccc1. The molecule has 0 radical (unpaired) electrons. The summed E-state index contributed by atoms with van der Waals surface area (Å²) in [6.07, 6.45) is 5.02. The molecule has 2 aliphatic rings. The molecule has 4 rings (SSSR count). The van der Waals surface area contributed by atoms with Gasteiger partial charge in [-0.25, -0.2) is 4.99 Å². The van der Waals surface area contributed by atoms with Crippen LogP contribution in [0.5, 0.6) is 0 Å². The van der Waals surface area contributed by atoms with Gasteiger partial charge in [0, 0.05) is 49.5 Å². The Bertz CT molecular complexity index is 857. The maximum Gasteiger partial charge on any atom is 0.191 e. The molecule has 2 fully saturated rings. The van der Waals surface area contributed by atoms with Gasteiger partial charge in [0.05, 0.1) is 12.2 Å². The minimum Gasteiger partial charge on any atom is -0.357 e. The Labute approximate surface area is 180 Å². The van der Waals surface area contributed by atoms with E-state index in [1.54, 1.807) is 0 Å². The smallest absolute Gasteiger partial charge is 0.191 e. The zero-order valence-corrected chi connectivity index (χ0v) is 18.9. The van der Waals surface area contributed by atoms with Crippen LogP contribution in [0.4, 0.5) is 0 Å². The summed E-state index contributed by atoms with van der Waals surface area (Å²) in [6.45, 7) is 8.93. The third-order valence-electron chi connectivity index (χ3n) is 6.83. The molecule has 3 heterocycles. The number of fused-ring (bicyclic) bond motifs is 2. The normalized spacial score (nSPS) is 24.3. The molecular weight excluding hydrogens is 372 g/mol. The number of guanidine groups is 1. The first-order valence-corrected chi connectivity index (χ1v) is 11.4. The maximum atomic E-state index is 4.90. The summed E-state index contributed by atoms with van der Waals surface area (Å²) >= 11 is 0. The van der Waals surface area contributed by atoms with Gasteiger partial charge in [-0.1, -0.05) is 30.3 Å². The van der Waals surface area contributed by atoms with E-state index >= 15 is 0 Å². The standard InChI is InChI=1S/C24H36N6/c1-5-25-24(26-15-23-17(2)28-29(4)18(23)3)27-20-13-21-11-12-22(14-20)30(21)16-19-9-7-6-8-10-19/h6-10,20-22H,5,11-16H2,1-4H3,(H2,25,26,27). The van der Waals surface area contributed by atoms with Crippen molar-refractivity contribution in [2.45, 2.75) is 77.7 Å². The molecular formula is C24H36N6. The molecule has 2 aliphatic heterocycles. The summed E-state index contributed by atoms with van der Waals surface area (Å²) in [5.41, 5.74) is 4.92. The minimum atomic E-state index is 0.489. The van der Waals surface area contributed by atoms with Crippen LogP contribution in [-0.2, 0) is 20.1 Å². The lowest BCUT2D eigenvalue weighted by atomic mass is 9.96. The van der Waals surface area contributed by atoms with Gasteiger partial charge in [0.1, 0.15) is 0 Å². The van der Waals surface area contributed by atoms with E-state index < -0.39 is 0 Å². The van der Waals surface area contributed by atoms with Crippen LogP contribution >= 0.6 is 0 Å². The fourth-order valence-corrected chi connectivity index (χ4v) is 5.16. The van der Waals surface area contributed by atoms with Crippen molar-refractivity contribution in [1.82, 2.24) is 25.3 Å². The molecule has 6 nitrogen and oxygen atoms in total. The zero-order chi connectivity index (χ0) is 21.1. The van der Waals surface area contributed by atoms with Gasteiger partial charge < -0.3 is 10.6 Å². The Hall–Kier alpha value is -2.34. The van der Waals surface area contributed by atoms with Crippen molar-refractivity contribution in [1.29, 1.82) is 0 Å². The number of hydrogen-bond acceptors (Lipinski definition) is 3. The molecule has 1 aromatic heterocycles. The van der Waals surface area contributed by atoms with Gasteiger partial charge >= 0.3 is 0 Å². The number of benzene rings is 1. The van der Waals surface area contributed by atoms with E-state index in [1.807, 2.05) is 11.7 Å². The predicted molar refractivity (Wildman–Crippen MR) is 122 cm³/mol. The number of aryl methyl sites for hydroxylation is 2. The van der Waals surface area contributed by atoms with Gasteiger partial charge in [0.25, 0.3) is 0 Å². The van der Waals surface area contributed by atoms with E-state index in [-0.39, 0.29) is 0 Å². The molecule has 0 amide bonds. The number of hydrogen-bond donors (Lipinski definition) is 2. The molecule has 30 heavy (non-hydrogen) atoms. The lowest BCUT2D eigenvalue weighted by molar-refractivity contribution is 0.114. The molecule has 0 spiro atoms. The summed E-state index contributed by atoms with van der Waals surface area (Å²) in [5.74, 6) is 0.932. The fourth-order valence-electron chi connectivity index (χ4n) is 5.16. The molecule has 2 N–H and O–H groups in total. The molecule has 0 saturated carbocycles. The number of nitrogens with one attached hydrogen (secondary N) is 2. The van der Waals surface area contributed by atoms with Crippen LogP contribution in [0.2, 0.25) is 0 Å². The molecule has 2 saturated heterocycles. The van der Waals surface area contributed by atoms with Crippen LogP contribution in [-0.4, -0.2) is 45.3 Å². The zero-order valence-electron chi connectivity index (χ0n) is 18.9. The highest BCUT2D eigenvalue weighted by Gasteiger charge is 2.40. The van der Waals surface area contributed by atoms with E-state index in [9.17, 15) is 0 Å². The first kappa shape index (κ1) is 20.9. The lowest BCUT2D eigenvalue weighted by Crippen LogP contribution is -2.52. The molecule has 6 heteroatoms. The number of rotatable bonds is 6. The summed E-state index contributed by atoms with van der Waals surface area (Å²) in [6, 6.07) is 12.7.